The molecule has 0 bridgehead atoms. The van der Waals surface area contributed by atoms with Crippen LogP contribution in [0.2, 0.25) is 0 Å². The van der Waals surface area contributed by atoms with Crippen LogP contribution >= 0.6 is 0 Å². The van der Waals surface area contributed by atoms with Crippen LogP contribution in [-0.2, 0) is 4.74 Å². The zero-order chi connectivity index (χ0) is 13.8. The van der Waals surface area contributed by atoms with Crippen LogP contribution in [0.1, 0.15) is 53.4 Å². The molecule has 0 radical (unpaired) electrons. The maximum atomic E-state index is 11.7. The normalized spacial score (nSPS) is 29.5. The molecule has 4 nitrogen and oxygen atoms in total. The van der Waals surface area contributed by atoms with E-state index < -0.39 is 5.60 Å². The summed E-state index contributed by atoms with van der Waals surface area (Å²) in [6.45, 7) is 7.99. The maximum Gasteiger partial charge on any atom is 0.407 e. The molecular weight excluding hydrogens is 230 g/mol. The third-order valence-corrected chi connectivity index (χ3v) is 3.34. The predicted octanol–water partition coefficient (Wildman–Crippen LogP) is 2.70. The van der Waals surface area contributed by atoms with E-state index in [-0.39, 0.29) is 18.7 Å². The smallest absolute Gasteiger partial charge is 0.407 e. The second kappa shape index (κ2) is 6.41. The second-order valence-electron chi connectivity index (χ2n) is 6.55. The van der Waals surface area contributed by atoms with E-state index >= 15 is 0 Å². The predicted molar refractivity (Wildman–Crippen MR) is 71.4 cm³/mol. The van der Waals surface area contributed by atoms with Gasteiger partial charge >= 0.3 is 6.09 Å². The Labute approximate surface area is 110 Å². The Morgan fingerprint density at radius 3 is 2.56 bits per heavy atom. The number of aliphatic hydroxyl groups is 1. The Bertz CT molecular complexity index is 273. The van der Waals surface area contributed by atoms with Gasteiger partial charge in [0.25, 0.3) is 0 Å². The molecule has 1 fully saturated rings. The van der Waals surface area contributed by atoms with E-state index in [1.165, 1.54) is 0 Å². The molecule has 1 aliphatic carbocycles. The molecule has 3 unspecified atom stereocenters. The molecule has 18 heavy (non-hydrogen) atoms. The molecule has 1 aliphatic rings. The van der Waals surface area contributed by atoms with E-state index in [0.717, 1.165) is 25.7 Å². The number of amides is 1. The van der Waals surface area contributed by atoms with E-state index in [1.807, 2.05) is 20.8 Å². The molecule has 0 heterocycles. The van der Waals surface area contributed by atoms with Crippen molar-refractivity contribution in [1.82, 2.24) is 5.32 Å². The van der Waals surface area contributed by atoms with Gasteiger partial charge in [-0.1, -0.05) is 6.92 Å². The number of nitrogens with one attached hydrogen (secondary N) is 1. The summed E-state index contributed by atoms with van der Waals surface area (Å²) in [7, 11) is 0. The van der Waals surface area contributed by atoms with Crippen molar-refractivity contribution >= 4 is 6.09 Å². The third-order valence-electron chi connectivity index (χ3n) is 3.34. The first-order valence-electron chi connectivity index (χ1n) is 6.90. The summed E-state index contributed by atoms with van der Waals surface area (Å²) in [4.78, 5) is 11.7. The van der Waals surface area contributed by atoms with Crippen molar-refractivity contribution in [2.45, 2.75) is 65.0 Å². The first-order valence-corrected chi connectivity index (χ1v) is 6.90. The number of alkyl carbamates (subject to hydrolysis) is 1. The Morgan fingerprint density at radius 1 is 1.33 bits per heavy atom. The highest BCUT2D eigenvalue weighted by Gasteiger charge is 2.26. The van der Waals surface area contributed by atoms with Gasteiger partial charge in [-0.3, -0.25) is 0 Å². The molecule has 0 saturated heterocycles. The minimum Gasteiger partial charge on any atom is -0.444 e. The summed E-state index contributed by atoms with van der Waals surface area (Å²) in [5.41, 5.74) is -0.460. The second-order valence-corrected chi connectivity index (χ2v) is 6.55. The van der Waals surface area contributed by atoms with Gasteiger partial charge in [0, 0.05) is 12.6 Å². The lowest BCUT2D eigenvalue weighted by atomic mass is 9.95. The van der Waals surface area contributed by atoms with Crippen molar-refractivity contribution in [2.75, 3.05) is 6.61 Å². The average molecular weight is 257 g/mol. The molecule has 3 atom stereocenters. The number of rotatable bonds is 2. The minimum atomic E-state index is -0.460. The fraction of sp³-hybridized carbons (Fsp3) is 0.929. The molecule has 0 aliphatic heterocycles. The number of carbonyl (C=O) groups is 1. The van der Waals surface area contributed by atoms with Crippen LogP contribution in [0, 0.1) is 11.8 Å². The zero-order valence-electron chi connectivity index (χ0n) is 12.0. The van der Waals surface area contributed by atoms with Gasteiger partial charge in [-0.15, -0.1) is 0 Å². The zero-order valence-corrected chi connectivity index (χ0v) is 12.0. The van der Waals surface area contributed by atoms with Crippen LogP contribution in [0.15, 0.2) is 0 Å². The fourth-order valence-electron chi connectivity index (χ4n) is 2.54. The molecule has 0 spiro atoms. The molecule has 0 aromatic rings. The van der Waals surface area contributed by atoms with Crippen LogP contribution in [0.5, 0.6) is 0 Å². The van der Waals surface area contributed by atoms with Crippen molar-refractivity contribution < 1.29 is 14.6 Å². The molecule has 4 heteroatoms. The third kappa shape index (κ3) is 5.71. The number of aliphatic hydroxyl groups excluding tert-OH is 1. The van der Waals surface area contributed by atoms with Crippen LogP contribution in [0.3, 0.4) is 0 Å². The Kier molecular flexibility index (Phi) is 5.45. The summed E-state index contributed by atoms with van der Waals surface area (Å²) in [5, 5.41) is 12.3. The number of ether oxygens (including phenoxy) is 1. The van der Waals surface area contributed by atoms with E-state index in [0.29, 0.717) is 11.8 Å². The molecule has 2 N–H and O–H groups in total. The molecule has 106 valence electrons. The topological polar surface area (TPSA) is 58.6 Å². The van der Waals surface area contributed by atoms with Crippen LogP contribution < -0.4 is 5.32 Å². The van der Waals surface area contributed by atoms with Crippen LogP contribution in [0.25, 0.3) is 0 Å². The first kappa shape index (κ1) is 15.3. The van der Waals surface area contributed by atoms with E-state index in [2.05, 4.69) is 12.2 Å². The Hall–Kier alpha value is -0.770. The number of hydrogen-bond donors (Lipinski definition) is 2. The highest BCUT2D eigenvalue weighted by atomic mass is 16.6. The standard InChI is InChI=1S/C14H27NO3/c1-10-5-6-12(8-11(7-10)9-16)15-13(17)18-14(2,3)4/h10-12,16H,5-9H2,1-4H3,(H,15,17). The van der Waals surface area contributed by atoms with E-state index in [1.54, 1.807) is 0 Å². The van der Waals surface area contributed by atoms with Gasteiger partial charge < -0.3 is 15.2 Å². The molecule has 0 aromatic heterocycles. The Balaban J connectivity index is 2.47. The minimum absolute atomic E-state index is 0.127. The fourth-order valence-corrected chi connectivity index (χ4v) is 2.54. The van der Waals surface area contributed by atoms with Gasteiger partial charge in [-0.05, 0) is 58.3 Å². The van der Waals surface area contributed by atoms with Crippen molar-refractivity contribution in [2.24, 2.45) is 11.8 Å². The lowest BCUT2D eigenvalue weighted by Crippen LogP contribution is -2.39. The van der Waals surface area contributed by atoms with Gasteiger partial charge in [0.1, 0.15) is 5.60 Å². The van der Waals surface area contributed by atoms with Crippen molar-refractivity contribution in [3.63, 3.8) is 0 Å². The van der Waals surface area contributed by atoms with Crippen molar-refractivity contribution in [1.29, 1.82) is 0 Å². The van der Waals surface area contributed by atoms with E-state index in [4.69, 9.17) is 4.74 Å². The van der Waals surface area contributed by atoms with Gasteiger partial charge in [0.2, 0.25) is 0 Å². The SMILES string of the molecule is CC1CCC(NC(=O)OC(C)(C)C)CC(CO)C1. The van der Waals surface area contributed by atoms with Crippen LogP contribution in [-0.4, -0.2) is 29.4 Å². The highest BCUT2D eigenvalue weighted by molar-refractivity contribution is 5.68. The lowest BCUT2D eigenvalue weighted by molar-refractivity contribution is 0.0492. The summed E-state index contributed by atoms with van der Waals surface area (Å²) in [6.07, 6.45) is 3.61. The molecule has 0 aromatic carbocycles. The van der Waals surface area contributed by atoms with Gasteiger partial charge in [-0.2, -0.15) is 0 Å². The Morgan fingerprint density at radius 2 is 2.00 bits per heavy atom. The molecule has 1 saturated carbocycles. The molecule has 1 amide bonds. The number of carbonyl (C=O) groups excluding carboxylic acids is 1. The van der Waals surface area contributed by atoms with Crippen molar-refractivity contribution in [3.05, 3.63) is 0 Å². The van der Waals surface area contributed by atoms with Gasteiger partial charge in [0.15, 0.2) is 0 Å². The molecule has 1 rings (SSSR count). The van der Waals surface area contributed by atoms with E-state index in [9.17, 15) is 9.90 Å². The summed E-state index contributed by atoms with van der Waals surface area (Å²) >= 11 is 0. The largest absolute Gasteiger partial charge is 0.444 e. The van der Waals surface area contributed by atoms with Gasteiger partial charge in [-0.25, -0.2) is 4.79 Å². The summed E-state index contributed by atoms with van der Waals surface area (Å²) in [6, 6.07) is 0.127. The highest BCUT2D eigenvalue weighted by Crippen LogP contribution is 2.27. The maximum absolute atomic E-state index is 11.7. The number of hydrogen-bond acceptors (Lipinski definition) is 3. The average Bonchev–Trinajstić information content (AvgIpc) is 2.38. The molecular formula is C14H27NO3. The quantitative estimate of drug-likeness (QED) is 0.748. The van der Waals surface area contributed by atoms with Crippen LogP contribution in [0.4, 0.5) is 4.79 Å². The first-order chi connectivity index (χ1) is 8.30. The summed E-state index contributed by atoms with van der Waals surface area (Å²) < 4.78 is 5.26. The summed E-state index contributed by atoms with van der Waals surface area (Å²) in [5.74, 6) is 0.912. The van der Waals surface area contributed by atoms with Gasteiger partial charge in [0.05, 0.1) is 0 Å². The lowest BCUT2D eigenvalue weighted by Gasteiger charge is -2.24. The monoisotopic (exact) mass is 257 g/mol. The van der Waals surface area contributed by atoms with Crippen molar-refractivity contribution in [3.8, 4) is 0 Å².